The zero-order valence-electron chi connectivity index (χ0n) is 14.7. The van der Waals surface area contributed by atoms with Gasteiger partial charge in [0, 0.05) is 42.5 Å². The summed E-state index contributed by atoms with van der Waals surface area (Å²) in [6.45, 7) is 0.805. The molecule has 2 aromatic carbocycles. The molecule has 6 heteroatoms. The number of nitrogens with one attached hydrogen (secondary N) is 2. The molecule has 0 aromatic heterocycles. The summed E-state index contributed by atoms with van der Waals surface area (Å²) in [4.78, 5) is 18.3. The molecule has 0 spiro atoms. The molecule has 0 fully saturated rings. The maximum Gasteiger partial charge on any atom is 0.255 e. The fourth-order valence-corrected chi connectivity index (χ4v) is 2.67. The summed E-state index contributed by atoms with van der Waals surface area (Å²) in [6, 6.07) is 15.4. The predicted molar refractivity (Wildman–Crippen MR) is 112 cm³/mol. The van der Waals surface area contributed by atoms with Gasteiger partial charge in [0.15, 0.2) is 5.96 Å². The van der Waals surface area contributed by atoms with Crippen molar-refractivity contribution in [3.05, 3.63) is 63.2 Å². The number of aliphatic imine (C=N–C) groups is 1. The van der Waals surface area contributed by atoms with E-state index in [4.69, 9.17) is 0 Å². The van der Waals surface area contributed by atoms with Gasteiger partial charge in [-0.1, -0.05) is 12.1 Å². The molecule has 2 N–H and O–H groups in total. The van der Waals surface area contributed by atoms with E-state index in [9.17, 15) is 4.79 Å². The Morgan fingerprint density at radius 2 is 1.72 bits per heavy atom. The van der Waals surface area contributed by atoms with Gasteiger partial charge in [0.25, 0.3) is 5.91 Å². The Kier molecular flexibility index (Phi) is 7.24. The summed E-state index contributed by atoms with van der Waals surface area (Å²) in [5, 5.41) is 6.22. The first-order valence-electron chi connectivity index (χ1n) is 8.03. The number of hydrogen-bond donors (Lipinski definition) is 2. The molecule has 0 aliphatic carbocycles. The van der Waals surface area contributed by atoms with Gasteiger partial charge in [-0.2, -0.15) is 0 Å². The van der Waals surface area contributed by atoms with Crippen molar-refractivity contribution in [1.82, 2.24) is 10.2 Å². The van der Waals surface area contributed by atoms with Crippen LogP contribution < -0.4 is 10.6 Å². The second-order valence-electron chi connectivity index (χ2n) is 5.78. The van der Waals surface area contributed by atoms with E-state index in [0.717, 1.165) is 28.2 Å². The fourth-order valence-electron chi connectivity index (χ4n) is 2.32. The minimum Gasteiger partial charge on any atom is -0.356 e. The van der Waals surface area contributed by atoms with Crippen LogP contribution >= 0.6 is 22.6 Å². The van der Waals surface area contributed by atoms with Crippen LogP contribution in [-0.2, 0) is 6.42 Å². The topological polar surface area (TPSA) is 56.7 Å². The molecular weight excluding hydrogens is 427 g/mol. The molecule has 0 saturated carbocycles. The number of hydrogen-bond acceptors (Lipinski definition) is 2. The van der Waals surface area contributed by atoms with E-state index >= 15 is 0 Å². The monoisotopic (exact) mass is 450 g/mol. The average Bonchev–Trinajstić information content (AvgIpc) is 2.60. The summed E-state index contributed by atoms with van der Waals surface area (Å²) in [6.07, 6.45) is 0.887. The van der Waals surface area contributed by atoms with Crippen LogP contribution in [0.5, 0.6) is 0 Å². The maximum atomic E-state index is 12.2. The van der Waals surface area contributed by atoms with Crippen molar-refractivity contribution in [2.24, 2.45) is 4.99 Å². The highest BCUT2D eigenvalue weighted by atomic mass is 127. The SMILES string of the molecule is C/N=C(/NCCc1ccc(NC(=O)c2ccc(I)cc2)cc1)N(C)C. The standard InChI is InChI=1S/C19H23IN4O/c1-21-19(24(2)3)22-13-12-14-4-10-17(11-5-14)23-18(25)15-6-8-16(20)9-7-15/h4-11H,12-13H2,1-3H3,(H,21,22)(H,23,25). The number of nitrogens with zero attached hydrogens (tertiary/aromatic N) is 2. The van der Waals surface area contributed by atoms with Crippen molar-refractivity contribution in [1.29, 1.82) is 0 Å². The molecule has 132 valence electrons. The predicted octanol–water partition coefficient (Wildman–Crippen LogP) is 3.22. The molecule has 2 rings (SSSR count). The number of rotatable bonds is 5. The van der Waals surface area contributed by atoms with Crippen LogP contribution in [0.4, 0.5) is 5.69 Å². The first-order chi connectivity index (χ1) is 12.0. The van der Waals surface area contributed by atoms with Gasteiger partial charge >= 0.3 is 0 Å². The van der Waals surface area contributed by atoms with E-state index in [1.54, 1.807) is 7.05 Å². The van der Waals surface area contributed by atoms with Gasteiger partial charge in [0.05, 0.1) is 0 Å². The van der Waals surface area contributed by atoms with Crippen LogP contribution in [0.1, 0.15) is 15.9 Å². The zero-order valence-corrected chi connectivity index (χ0v) is 16.9. The van der Waals surface area contributed by atoms with E-state index in [1.165, 1.54) is 5.56 Å². The number of amides is 1. The Balaban J connectivity index is 1.87. The molecule has 0 aliphatic rings. The molecule has 0 aliphatic heterocycles. The molecule has 2 aromatic rings. The lowest BCUT2D eigenvalue weighted by molar-refractivity contribution is 0.102. The first-order valence-corrected chi connectivity index (χ1v) is 9.11. The van der Waals surface area contributed by atoms with E-state index in [1.807, 2.05) is 67.5 Å². The smallest absolute Gasteiger partial charge is 0.255 e. The lowest BCUT2D eigenvalue weighted by Crippen LogP contribution is -2.37. The van der Waals surface area contributed by atoms with Crippen LogP contribution in [0.2, 0.25) is 0 Å². The molecule has 0 unspecified atom stereocenters. The number of anilines is 1. The molecule has 0 saturated heterocycles. The second-order valence-corrected chi connectivity index (χ2v) is 7.02. The molecule has 1 amide bonds. The van der Waals surface area contributed by atoms with Crippen LogP contribution in [0, 0.1) is 3.57 Å². The van der Waals surface area contributed by atoms with Crippen molar-refractivity contribution in [3.8, 4) is 0 Å². The van der Waals surface area contributed by atoms with E-state index in [2.05, 4.69) is 38.2 Å². The zero-order chi connectivity index (χ0) is 18.2. The van der Waals surface area contributed by atoms with Crippen molar-refractivity contribution in [3.63, 3.8) is 0 Å². The normalized spacial score (nSPS) is 11.1. The van der Waals surface area contributed by atoms with Gasteiger partial charge in [-0.25, -0.2) is 0 Å². The summed E-state index contributed by atoms with van der Waals surface area (Å²) >= 11 is 2.22. The summed E-state index contributed by atoms with van der Waals surface area (Å²) in [5.74, 6) is 0.766. The van der Waals surface area contributed by atoms with Crippen molar-refractivity contribution in [2.75, 3.05) is 33.0 Å². The minimum atomic E-state index is -0.0967. The molecule has 5 nitrogen and oxygen atoms in total. The molecular formula is C19H23IN4O. The maximum absolute atomic E-state index is 12.2. The molecule has 25 heavy (non-hydrogen) atoms. The second kappa shape index (κ2) is 9.41. The Morgan fingerprint density at radius 3 is 2.28 bits per heavy atom. The van der Waals surface area contributed by atoms with E-state index < -0.39 is 0 Å². The Morgan fingerprint density at radius 1 is 1.08 bits per heavy atom. The van der Waals surface area contributed by atoms with Crippen LogP contribution in [0.15, 0.2) is 53.5 Å². The van der Waals surface area contributed by atoms with Gasteiger partial charge in [-0.05, 0) is 71.0 Å². The number of halogens is 1. The third-order valence-corrected chi connectivity index (χ3v) is 4.37. The quantitative estimate of drug-likeness (QED) is 0.418. The van der Waals surface area contributed by atoms with Gasteiger partial charge in [0.2, 0.25) is 0 Å². The molecule has 0 radical (unpaired) electrons. The highest BCUT2D eigenvalue weighted by Gasteiger charge is 2.06. The Bertz CT molecular complexity index is 724. The Labute approximate surface area is 162 Å². The third kappa shape index (κ3) is 6.04. The van der Waals surface area contributed by atoms with Gasteiger partial charge < -0.3 is 15.5 Å². The highest BCUT2D eigenvalue weighted by molar-refractivity contribution is 14.1. The highest BCUT2D eigenvalue weighted by Crippen LogP contribution is 2.13. The van der Waals surface area contributed by atoms with Crippen molar-refractivity contribution < 1.29 is 4.79 Å². The van der Waals surface area contributed by atoms with Crippen molar-refractivity contribution >= 4 is 40.1 Å². The summed E-state index contributed by atoms with van der Waals surface area (Å²) in [5.41, 5.74) is 2.65. The van der Waals surface area contributed by atoms with Crippen LogP contribution in [-0.4, -0.2) is 44.5 Å². The Hall–Kier alpha value is -2.09. The minimum absolute atomic E-state index is 0.0967. The van der Waals surface area contributed by atoms with Crippen LogP contribution in [0.25, 0.3) is 0 Å². The van der Waals surface area contributed by atoms with Crippen LogP contribution in [0.3, 0.4) is 0 Å². The third-order valence-electron chi connectivity index (χ3n) is 3.65. The van der Waals surface area contributed by atoms with Crippen molar-refractivity contribution in [2.45, 2.75) is 6.42 Å². The number of guanidine groups is 1. The average molecular weight is 450 g/mol. The molecule has 0 heterocycles. The first kappa shape index (κ1) is 19.2. The fraction of sp³-hybridized carbons (Fsp3) is 0.263. The lowest BCUT2D eigenvalue weighted by atomic mass is 10.1. The summed E-state index contributed by atoms with van der Waals surface area (Å²) in [7, 11) is 5.69. The molecule has 0 bridgehead atoms. The molecule has 0 atom stereocenters. The number of benzene rings is 2. The van der Waals surface area contributed by atoms with Gasteiger partial charge in [-0.15, -0.1) is 0 Å². The lowest BCUT2D eigenvalue weighted by Gasteiger charge is -2.16. The summed E-state index contributed by atoms with van der Waals surface area (Å²) < 4.78 is 1.11. The van der Waals surface area contributed by atoms with E-state index in [-0.39, 0.29) is 5.91 Å². The number of carbonyl (C=O) groups is 1. The number of carbonyl (C=O) groups excluding carboxylic acids is 1. The van der Waals surface area contributed by atoms with Gasteiger partial charge in [-0.3, -0.25) is 9.79 Å². The largest absolute Gasteiger partial charge is 0.356 e. The van der Waals surface area contributed by atoms with E-state index in [0.29, 0.717) is 5.56 Å². The van der Waals surface area contributed by atoms with Gasteiger partial charge in [0.1, 0.15) is 0 Å².